The molecule has 0 saturated heterocycles. The zero-order valence-electron chi connectivity index (χ0n) is 18.1. The van der Waals surface area contributed by atoms with Crippen molar-refractivity contribution >= 4 is 51.7 Å². The number of aryl methyl sites for hydroxylation is 2. The van der Waals surface area contributed by atoms with Crippen molar-refractivity contribution in [2.45, 2.75) is 20.8 Å². The summed E-state index contributed by atoms with van der Waals surface area (Å²) in [7, 11) is 0. The highest BCUT2D eigenvalue weighted by Gasteiger charge is 2.19. The second kappa shape index (κ2) is 9.89. The van der Waals surface area contributed by atoms with Gasteiger partial charge in [-0.3, -0.25) is 14.5 Å². The molecule has 0 spiro atoms. The summed E-state index contributed by atoms with van der Waals surface area (Å²) in [5.74, 6) is -2.20. The molecule has 0 atom stereocenters. The van der Waals surface area contributed by atoms with Crippen LogP contribution in [0, 0.1) is 25.2 Å². The molecule has 0 aliphatic heterocycles. The fourth-order valence-electron chi connectivity index (χ4n) is 3.00. The predicted octanol–water partition coefficient (Wildman–Crippen LogP) is 4.69. The van der Waals surface area contributed by atoms with Gasteiger partial charge < -0.3 is 10.4 Å². The molecule has 0 unspecified atom stereocenters. The Morgan fingerprint density at radius 3 is 2.52 bits per heavy atom. The van der Waals surface area contributed by atoms with E-state index in [0.29, 0.717) is 16.5 Å². The third-order valence-electron chi connectivity index (χ3n) is 4.83. The predicted molar refractivity (Wildman–Crippen MR) is 126 cm³/mol. The lowest BCUT2D eigenvalue weighted by Gasteiger charge is -2.19. The molecule has 166 valence electrons. The second-order valence-electron chi connectivity index (χ2n) is 7.15. The van der Waals surface area contributed by atoms with Gasteiger partial charge in [-0.1, -0.05) is 18.2 Å². The number of aromatic carboxylic acids is 1. The summed E-state index contributed by atoms with van der Waals surface area (Å²) < 4.78 is 0. The van der Waals surface area contributed by atoms with E-state index in [2.05, 4.69) is 10.3 Å². The van der Waals surface area contributed by atoms with Gasteiger partial charge in [0.05, 0.1) is 22.6 Å². The first-order valence-electron chi connectivity index (χ1n) is 9.80. The van der Waals surface area contributed by atoms with E-state index in [9.17, 15) is 24.8 Å². The zero-order chi connectivity index (χ0) is 24.1. The summed E-state index contributed by atoms with van der Waals surface area (Å²) in [6.45, 7) is 5.36. The Morgan fingerprint density at radius 1 is 1.15 bits per heavy atom. The summed E-state index contributed by atoms with van der Waals surface area (Å²) in [6.07, 6.45) is 1.29. The summed E-state index contributed by atoms with van der Waals surface area (Å²) in [5, 5.41) is 23.2. The highest BCUT2D eigenvalue weighted by molar-refractivity contribution is 7.14. The molecule has 2 aromatic carbocycles. The topological polar surface area (TPSA) is 123 Å². The van der Waals surface area contributed by atoms with Crippen LogP contribution in [0.3, 0.4) is 0 Å². The van der Waals surface area contributed by atoms with Crippen LogP contribution in [0.5, 0.6) is 0 Å². The van der Waals surface area contributed by atoms with Crippen molar-refractivity contribution in [3.63, 3.8) is 0 Å². The number of rotatable bonds is 6. The number of hydrogen-bond donors (Lipinski definition) is 2. The number of amides is 2. The molecule has 33 heavy (non-hydrogen) atoms. The number of hydrogen-bond acceptors (Lipinski definition) is 6. The van der Waals surface area contributed by atoms with Crippen LogP contribution in [0.15, 0.2) is 53.4 Å². The maximum absolute atomic E-state index is 12.6. The van der Waals surface area contributed by atoms with Crippen LogP contribution in [-0.4, -0.2) is 27.9 Å². The SMILES string of the molecule is CC(=O)N(c1ccc(C)c(C)c1)c1nc(/C=C(\C#N)C(=O)Nc2ccccc2C(=O)O)cs1. The molecule has 1 heterocycles. The fourth-order valence-corrected chi connectivity index (χ4v) is 3.85. The van der Waals surface area contributed by atoms with Gasteiger partial charge in [-0.05, 0) is 55.3 Å². The third-order valence-corrected chi connectivity index (χ3v) is 5.67. The van der Waals surface area contributed by atoms with Gasteiger partial charge in [-0.25, -0.2) is 9.78 Å². The molecule has 1 aromatic heterocycles. The lowest BCUT2D eigenvalue weighted by Crippen LogP contribution is -2.22. The zero-order valence-corrected chi connectivity index (χ0v) is 18.9. The molecule has 0 bridgehead atoms. The van der Waals surface area contributed by atoms with Crippen molar-refractivity contribution in [2.24, 2.45) is 0 Å². The Hall–Kier alpha value is -4.29. The van der Waals surface area contributed by atoms with E-state index in [1.165, 1.54) is 47.4 Å². The first kappa shape index (κ1) is 23.4. The highest BCUT2D eigenvalue weighted by atomic mass is 32.1. The number of nitrogens with one attached hydrogen (secondary N) is 1. The molecule has 3 aromatic rings. The van der Waals surface area contributed by atoms with E-state index < -0.39 is 11.9 Å². The number of aromatic nitrogens is 1. The number of nitriles is 1. The molecule has 2 amide bonds. The summed E-state index contributed by atoms with van der Waals surface area (Å²) in [4.78, 5) is 42.1. The van der Waals surface area contributed by atoms with Gasteiger partial charge in [0.15, 0.2) is 5.13 Å². The summed E-state index contributed by atoms with van der Waals surface area (Å²) in [6, 6.07) is 13.3. The van der Waals surface area contributed by atoms with E-state index >= 15 is 0 Å². The normalized spacial score (nSPS) is 10.9. The Labute approximate surface area is 194 Å². The lowest BCUT2D eigenvalue weighted by atomic mass is 10.1. The minimum Gasteiger partial charge on any atom is -0.478 e. The minimum atomic E-state index is -1.20. The smallest absolute Gasteiger partial charge is 0.337 e. The second-order valence-corrected chi connectivity index (χ2v) is 7.99. The van der Waals surface area contributed by atoms with Crippen LogP contribution in [-0.2, 0) is 9.59 Å². The maximum atomic E-state index is 12.6. The maximum Gasteiger partial charge on any atom is 0.337 e. The molecule has 0 radical (unpaired) electrons. The van der Waals surface area contributed by atoms with Gasteiger partial charge in [0.1, 0.15) is 11.6 Å². The van der Waals surface area contributed by atoms with Gasteiger partial charge in [0.25, 0.3) is 5.91 Å². The highest BCUT2D eigenvalue weighted by Crippen LogP contribution is 2.31. The minimum absolute atomic E-state index is 0.0765. The summed E-state index contributed by atoms with van der Waals surface area (Å²) >= 11 is 1.20. The van der Waals surface area contributed by atoms with Crippen molar-refractivity contribution in [1.82, 2.24) is 4.98 Å². The Morgan fingerprint density at radius 2 is 1.88 bits per heavy atom. The van der Waals surface area contributed by atoms with E-state index in [4.69, 9.17) is 0 Å². The van der Waals surface area contributed by atoms with Crippen molar-refractivity contribution in [1.29, 1.82) is 5.26 Å². The lowest BCUT2D eigenvalue weighted by molar-refractivity contribution is -0.116. The molecule has 0 aliphatic carbocycles. The van der Waals surface area contributed by atoms with Crippen molar-refractivity contribution < 1.29 is 19.5 Å². The van der Waals surface area contributed by atoms with Crippen LogP contribution in [0.25, 0.3) is 6.08 Å². The number of benzene rings is 2. The van der Waals surface area contributed by atoms with Crippen molar-refractivity contribution in [3.8, 4) is 6.07 Å². The number of nitrogens with zero attached hydrogens (tertiary/aromatic N) is 3. The van der Waals surface area contributed by atoms with E-state index in [-0.39, 0.29) is 22.7 Å². The van der Waals surface area contributed by atoms with Crippen molar-refractivity contribution in [3.05, 3.63) is 75.8 Å². The Kier molecular flexibility index (Phi) is 7.00. The standard InChI is InChI=1S/C24H20N4O4S/c1-14-8-9-19(10-15(14)2)28(16(3)29)24-26-18(13-33-24)11-17(12-25)22(30)27-21-7-5-4-6-20(21)23(31)32/h4-11,13H,1-3H3,(H,27,30)(H,31,32)/b17-11+. The molecule has 8 nitrogen and oxygen atoms in total. The Bertz CT molecular complexity index is 1320. The number of carboxylic acid groups (broad SMARTS) is 1. The number of carboxylic acids is 1. The first-order valence-corrected chi connectivity index (χ1v) is 10.7. The van der Waals surface area contributed by atoms with Crippen LogP contribution in [0.4, 0.5) is 16.5 Å². The fraction of sp³-hybridized carbons (Fsp3) is 0.125. The quantitative estimate of drug-likeness (QED) is 0.406. The molecule has 0 fully saturated rings. The summed E-state index contributed by atoms with van der Waals surface area (Å²) in [5.41, 5.74) is 2.84. The average Bonchev–Trinajstić information content (AvgIpc) is 3.22. The van der Waals surface area contributed by atoms with Gasteiger partial charge in [-0.2, -0.15) is 5.26 Å². The number of para-hydroxylation sites is 1. The third kappa shape index (κ3) is 5.31. The Balaban J connectivity index is 1.89. The molecular formula is C24H20N4O4S. The van der Waals surface area contributed by atoms with Gasteiger partial charge in [0.2, 0.25) is 5.91 Å². The number of thiazole rings is 1. The van der Waals surface area contributed by atoms with Gasteiger partial charge in [0, 0.05) is 12.3 Å². The van der Waals surface area contributed by atoms with Gasteiger partial charge >= 0.3 is 5.97 Å². The van der Waals surface area contributed by atoms with E-state index in [1.54, 1.807) is 11.4 Å². The molecule has 2 N–H and O–H groups in total. The first-order chi connectivity index (χ1) is 15.7. The molecule has 0 aliphatic rings. The number of carbonyl (C=O) groups excluding carboxylic acids is 2. The van der Waals surface area contributed by atoms with Crippen LogP contribution >= 0.6 is 11.3 Å². The molecule has 9 heteroatoms. The van der Waals surface area contributed by atoms with Crippen LogP contribution in [0.1, 0.15) is 34.1 Å². The van der Waals surface area contributed by atoms with Crippen molar-refractivity contribution in [2.75, 3.05) is 10.2 Å². The molecule has 3 rings (SSSR count). The van der Waals surface area contributed by atoms with E-state index in [0.717, 1.165) is 11.1 Å². The molecular weight excluding hydrogens is 440 g/mol. The number of anilines is 3. The monoisotopic (exact) mass is 460 g/mol. The van der Waals surface area contributed by atoms with E-state index in [1.807, 2.05) is 38.1 Å². The molecule has 0 saturated carbocycles. The van der Waals surface area contributed by atoms with Crippen LogP contribution in [0.2, 0.25) is 0 Å². The van der Waals surface area contributed by atoms with Gasteiger partial charge in [-0.15, -0.1) is 11.3 Å². The average molecular weight is 461 g/mol. The van der Waals surface area contributed by atoms with Crippen LogP contribution < -0.4 is 10.2 Å². The largest absolute Gasteiger partial charge is 0.478 e. The number of carbonyl (C=O) groups is 3.